The smallest absolute Gasteiger partial charge is 0.207 e. The SMILES string of the molecule is C/C=C(\C)[C@H](NS(=O)(=O)c1ccccc1)C(C)C. The number of hydrogen-bond donors (Lipinski definition) is 1. The van der Waals surface area contributed by atoms with E-state index in [0.717, 1.165) is 5.57 Å². The second-order valence-corrected chi connectivity index (χ2v) is 6.40. The Morgan fingerprint density at radius 1 is 1.22 bits per heavy atom. The summed E-state index contributed by atoms with van der Waals surface area (Å²) in [5.74, 6) is 0.208. The van der Waals surface area contributed by atoms with Crippen molar-refractivity contribution in [3.63, 3.8) is 0 Å². The van der Waals surface area contributed by atoms with E-state index in [1.165, 1.54) is 0 Å². The van der Waals surface area contributed by atoms with Gasteiger partial charge >= 0.3 is 0 Å². The summed E-state index contributed by atoms with van der Waals surface area (Å²) >= 11 is 0. The van der Waals surface area contributed by atoms with E-state index >= 15 is 0 Å². The summed E-state index contributed by atoms with van der Waals surface area (Å²) in [7, 11) is -3.45. The van der Waals surface area contributed by atoms with Crippen molar-refractivity contribution in [2.75, 3.05) is 0 Å². The van der Waals surface area contributed by atoms with Crippen molar-refractivity contribution >= 4 is 10.0 Å². The van der Waals surface area contributed by atoms with Crippen molar-refractivity contribution in [3.05, 3.63) is 42.0 Å². The van der Waals surface area contributed by atoms with Crippen molar-refractivity contribution in [2.45, 2.75) is 38.6 Å². The van der Waals surface area contributed by atoms with Gasteiger partial charge in [0.05, 0.1) is 4.90 Å². The van der Waals surface area contributed by atoms with Gasteiger partial charge in [-0.3, -0.25) is 0 Å². The van der Waals surface area contributed by atoms with E-state index in [1.807, 2.05) is 33.8 Å². The Morgan fingerprint density at radius 2 is 1.78 bits per heavy atom. The van der Waals surface area contributed by atoms with Crippen molar-refractivity contribution < 1.29 is 8.42 Å². The summed E-state index contributed by atoms with van der Waals surface area (Å²) in [6, 6.07) is 8.29. The maximum Gasteiger partial charge on any atom is 0.241 e. The summed E-state index contributed by atoms with van der Waals surface area (Å²) in [5.41, 5.74) is 1.03. The zero-order valence-electron chi connectivity index (χ0n) is 11.3. The molecule has 0 saturated heterocycles. The first-order chi connectivity index (χ1) is 8.38. The highest BCUT2D eigenvalue weighted by Crippen LogP contribution is 2.16. The molecule has 0 radical (unpaired) electrons. The van der Waals surface area contributed by atoms with Gasteiger partial charge in [0.15, 0.2) is 0 Å². The first-order valence-electron chi connectivity index (χ1n) is 6.08. The molecular weight excluding hydrogens is 246 g/mol. The van der Waals surface area contributed by atoms with Gasteiger partial charge in [0.1, 0.15) is 0 Å². The lowest BCUT2D eigenvalue weighted by Gasteiger charge is -2.23. The van der Waals surface area contributed by atoms with Crippen molar-refractivity contribution in [1.29, 1.82) is 0 Å². The number of benzene rings is 1. The van der Waals surface area contributed by atoms with Gasteiger partial charge in [-0.05, 0) is 31.9 Å². The third-order valence-electron chi connectivity index (χ3n) is 2.95. The molecule has 0 aliphatic carbocycles. The van der Waals surface area contributed by atoms with Gasteiger partial charge in [-0.15, -0.1) is 0 Å². The minimum atomic E-state index is -3.45. The van der Waals surface area contributed by atoms with Gasteiger partial charge in [-0.1, -0.05) is 43.7 Å². The second-order valence-electron chi connectivity index (χ2n) is 4.69. The zero-order valence-corrected chi connectivity index (χ0v) is 12.2. The van der Waals surface area contributed by atoms with Gasteiger partial charge in [-0.2, -0.15) is 0 Å². The molecule has 0 heterocycles. The average molecular weight is 267 g/mol. The molecule has 1 atom stereocenters. The van der Waals surface area contributed by atoms with Crippen LogP contribution in [-0.4, -0.2) is 14.5 Å². The Kier molecular flexibility index (Phi) is 5.11. The molecule has 1 aromatic carbocycles. The summed E-state index contributed by atoms with van der Waals surface area (Å²) < 4.78 is 27.2. The van der Waals surface area contributed by atoms with Crippen molar-refractivity contribution in [2.24, 2.45) is 5.92 Å². The fourth-order valence-corrected chi connectivity index (χ4v) is 3.21. The number of allylic oxidation sites excluding steroid dienone is 1. The van der Waals surface area contributed by atoms with E-state index in [9.17, 15) is 8.42 Å². The molecule has 1 rings (SSSR count). The van der Waals surface area contributed by atoms with Crippen LogP contribution in [0.3, 0.4) is 0 Å². The maximum atomic E-state index is 12.2. The highest BCUT2D eigenvalue weighted by atomic mass is 32.2. The van der Waals surface area contributed by atoms with Crippen LogP contribution in [0, 0.1) is 5.92 Å². The lowest BCUT2D eigenvalue weighted by molar-refractivity contribution is 0.492. The van der Waals surface area contributed by atoms with Crippen LogP contribution in [0.4, 0.5) is 0 Å². The van der Waals surface area contributed by atoms with Crippen LogP contribution < -0.4 is 4.72 Å². The Balaban J connectivity index is 3.01. The van der Waals surface area contributed by atoms with E-state index in [2.05, 4.69) is 4.72 Å². The molecule has 0 aliphatic heterocycles. The van der Waals surface area contributed by atoms with Crippen LogP contribution in [0.5, 0.6) is 0 Å². The Bertz CT molecular complexity index is 504. The molecule has 1 aromatic rings. The van der Waals surface area contributed by atoms with Gasteiger partial charge < -0.3 is 0 Å². The molecule has 4 heteroatoms. The first-order valence-corrected chi connectivity index (χ1v) is 7.57. The highest BCUT2D eigenvalue weighted by Gasteiger charge is 2.22. The number of rotatable bonds is 5. The van der Waals surface area contributed by atoms with Crippen LogP contribution in [-0.2, 0) is 10.0 Å². The summed E-state index contributed by atoms with van der Waals surface area (Å²) in [5, 5.41) is 0. The van der Waals surface area contributed by atoms with Gasteiger partial charge in [0, 0.05) is 6.04 Å². The molecule has 18 heavy (non-hydrogen) atoms. The fourth-order valence-electron chi connectivity index (χ4n) is 1.77. The van der Waals surface area contributed by atoms with E-state index < -0.39 is 10.0 Å². The molecule has 0 bridgehead atoms. The van der Waals surface area contributed by atoms with E-state index in [1.54, 1.807) is 30.3 Å². The van der Waals surface area contributed by atoms with Crippen molar-refractivity contribution in [3.8, 4) is 0 Å². The van der Waals surface area contributed by atoms with Crippen LogP contribution in [0.2, 0.25) is 0 Å². The Hall–Kier alpha value is -1.13. The third kappa shape index (κ3) is 3.68. The summed E-state index contributed by atoms with van der Waals surface area (Å²) in [6.45, 7) is 7.87. The summed E-state index contributed by atoms with van der Waals surface area (Å²) in [6.07, 6.45) is 1.94. The average Bonchev–Trinajstić information content (AvgIpc) is 2.36. The quantitative estimate of drug-likeness (QED) is 0.834. The minimum Gasteiger partial charge on any atom is -0.207 e. The lowest BCUT2D eigenvalue weighted by Crippen LogP contribution is -2.39. The molecule has 3 nitrogen and oxygen atoms in total. The monoisotopic (exact) mass is 267 g/mol. The second kappa shape index (κ2) is 6.16. The largest absolute Gasteiger partial charge is 0.241 e. The van der Waals surface area contributed by atoms with Gasteiger partial charge in [0.2, 0.25) is 10.0 Å². The van der Waals surface area contributed by atoms with E-state index in [0.29, 0.717) is 4.90 Å². The highest BCUT2D eigenvalue weighted by molar-refractivity contribution is 7.89. The summed E-state index contributed by atoms with van der Waals surface area (Å²) in [4.78, 5) is 0.305. The molecule has 0 aromatic heterocycles. The molecule has 0 spiro atoms. The van der Waals surface area contributed by atoms with Crippen LogP contribution in [0.15, 0.2) is 46.9 Å². The standard InChI is InChI=1S/C14H21NO2S/c1-5-12(4)14(11(2)3)15-18(16,17)13-9-7-6-8-10-13/h5-11,14-15H,1-4H3/b12-5+/t14-/m1/s1. The van der Waals surface area contributed by atoms with Crippen LogP contribution >= 0.6 is 0 Å². The molecule has 1 N–H and O–H groups in total. The van der Waals surface area contributed by atoms with E-state index in [4.69, 9.17) is 0 Å². The molecule has 100 valence electrons. The predicted octanol–water partition coefficient (Wildman–Crippen LogP) is 2.96. The minimum absolute atomic E-state index is 0.166. The van der Waals surface area contributed by atoms with E-state index in [-0.39, 0.29) is 12.0 Å². The van der Waals surface area contributed by atoms with Crippen LogP contribution in [0.25, 0.3) is 0 Å². The van der Waals surface area contributed by atoms with Gasteiger partial charge in [0.25, 0.3) is 0 Å². The topological polar surface area (TPSA) is 46.2 Å². The zero-order chi connectivity index (χ0) is 13.8. The third-order valence-corrected chi connectivity index (χ3v) is 4.41. The molecule has 0 aliphatic rings. The molecule has 0 saturated carbocycles. The van der Waals surface area contributed by atoms with Gasteiger partial charge in [-0.25, -0.2) is 13.1 Å². The predicted molar refractivity (Wildman–Crippen MR) is 74.8 cm³/mol. The molecule has 0 fully saturated rings. The number of sulfonamides is 1. The normalized spacial score (nSPS) is 14.8. The fraction of sp³-hybridized carbons (Fsp3) is 0.429. The maximum absolute atomic E-state index is 12.2. The Labute approximate surface area is 110 Å². The first kappa shape index (κ1) is 14.9. The van der Waals surface area contributed by atoms with Crippen LogP contribution in [0.1, 0.15) is 27.7 Å². The Morgan fingerprint density at radius 3 is 2.22 bits per heavy atom. The number of hydrogen-bond acceptors (Lipinski definition) is 2. The lowest BCUT2D eigenvalue weighted by atomic mass is 9.98. The van der Waals surface area contributed by atoms with Crippen molar-refractivity contribution in [1.82, 2.24) is 4.72 Å². The number of nitrogens with one attached hydrogen (secondary N) is 1. The molecule has 0 amide bonds. The molecule has 0 unspecified atom stereocenters. The molecular formula is C14H21NO2S.